The number of nitriles is 1. The lowest BCUT2D eigenvalue weighted by Gasteiger charge is -2.00. The lowest BCUT2D eigenvalue weighted by Crippen LogP contribution is -2.10. The van der Waals surface area contributed by atoms with Gasteiger partial charge in [0.05, 0.1) is 15.9 Å². The molecule has 30 heavy (non-hydrogen) atoms. The number of carbonyl (C=O) groups excluding carboxylic acids is 1. The van der Waals surface area contributed by atoms with E-state index in [9.17, 15) is 25.0 Å². The Balaban J connectivity index is 0.000000575. The zero-order valence-corrected chi connectivity index (χ0v) is 17.6. The number of non-ortho nitro benzene ring substituents is 1. The van der Waals surface area contributed by atoms with Gasteiger partial charge in [-0.1, -0.05) is 0 Å². The van der Waals surface area contributed by atoms with Crippen LogP contribution in [-0.2, 0) is 4.79 Å². The minimum absolute atomic E-state index is 0.0341. The smallest absolute Gasteiger partial charge is 0.269 e. The minimum Gasteiger partial charge on any atom is -0.351 e. The van der Waals surface area contributed by atoms with Crippen molar-refractivity contribution in [2.45, 2.75) is 13.8 Å². The quantitative estimate of drug-likeness (QED) is 0.295. The summed E-state index contributed by atoms with van der Waals surface area (Å²) < 4.78 is 0. The maximum absolute atomic E-state index is 12.3. The second-order valence-corrected chi connectivity index (χ2v) is 7.67. The van der Waals surface area contributed by atoms with Crippen LogP contribution in [0.25, 0.3) is 21.9 Å². The Bertz CT molecular complexity index is 1220. The molecule has 154 valence electrons. The fourth-order valence-electron chi connectivity index (χ4n) is 2.39. The molecule has 0 spiro atoms. The first kappa shape index (κ1) is 22.4. The SMILES string of the molecule is CN(C)C=O.Cc1sc2nc(/C(C#N)=C/c3ccc([N+](=O)[O-])cc3)[nH]c(=O)c2c1C. The van der Waals surface area contributed by atoms with E-state index in [1.807, 2.05) is 19.9 Å². The first-order chi connectivity index (χ1) is 14.2. The number of carbonyl (C=O) groups is 1. The number of nitrogens with one attached hydrogen (secondary N) is 1. The van der Waals surface area contributed by atoms with Crippen molar-refractivity contribution in [3.63, 3.8) is 0 Å². The molecule has 9 nitrogen and oxygen atoms in total. The van der Waals surface area contributed by atoms with Crippen molar-refractivity contribution < 1.29 is 9.72 Å². The topological polar surface area (TPSA) is 133 Å². The molecule has 0 aliphatic heterocycles. The molecule has 1 amide bonds. The highest BCUT2D eigenvalue weighted by Gasteiger charge is 2.14. The van der Waals surface area contributed by atoms with Gasteiger partial charge in [0.25, 0.3) is 11.2 Å². The van der Waals surface area contributed by atoms with E-state index in [-0.39, 0.29) is 22.6 Å². The van der Waals surface area contributed by atoms with Gasteiger partial charge in [-0.05, 0) is 43.2 Å². The normalized spacial score (nSPS) is 10.7. The number of benzene rings is 1. The van der Waals surface area contributed by atoms with Crippen LogP contribution in [0.3, 0.4) is 0 Å². The standard InChI is InChI=1S/C17H12N4O3S.C3H7NO/c1-9-10(2)25-17-14(9)16(22)19-15(20-17)12(8-18)7-11-3-5-13(6-4-11)21(23)24;1-4(2)3-5/h3-7H,1-2H3,(H,19,20,22);3H,1-2H3/b12-7+;. The van der Waals surface area contributed by atoms with Gasteiger partial charge < -0.3 is 9.88 Å². The van der Waals surface area contributed by atoms with Crippen molar-refractivity contribution in [3.05, 3.63) is 66.6 Å². The van der Waals surface area contributed by atoms with Crippen LogP contribution in [0, 0.1) is 35.3 Å². The predicted octanol–water partition coefficient (Wildman–Crippen LogP) is 3.28. The number of allylic oxidation sites excluding steroid dienone is 1. The molecule has 3 aromatic rings. The van der Waals surface area contributed by atoms with Crippen LogP contribution < -0.4 is 5.56 Å². The molecule has 10 heteroatoms. The molecule has 0 atom stereocenters. The summed E-state index contributed by atoms with van der Waals surface area (Å²) >= 11 is 1.40. The van der Waals surface area contributed by atoms with Gasteiger partial charge in [-0.25, -0.2) is 4.98 Å². The van der Waals surface area contributed by atoms with Crippen LogP contribution in [0.15, 0.2) is 29.1 Å². The summed E-state index contributed by atoms with van der Waals surface area (Å²) in [5.41, 5.74) is 1.35. The molecule has 2 heterocycles. The third-order valence-electron chi connectivity index (χ3n) is 4.04. The second kappa shape index (κ2) is 9.58. The Kier molecular flexibility index (Phi) is 7.17. The second-order valence-electron chi connectivity index (χ2n) is 6.47. The molecule has 0 radical (unpaired) electrons. The van der Waals surface area contributed by atoms with Crippen LogP contribution in [0.1, 0.15) is 21.8 Å². The average Bonchev–Trinajstić information content (AvgIpc) is 3.00. The Morgan fingerprint density at radius 3 is 2.40 bits per heavy atom. The van der Waals surface area contributed by atoms with Crippen LogP contribution in [-0.4, -0.2) is 40.3 Å². The van der Waals surface area contributed by atoms with E-state index in [1.165, 1.54) is 46.6 Å². The highest BCUT2D eigenvalue weighted by Crippen LogP contribution is 2.27. The molecule has 3 rings (SSSR count). The number of H-pyrrole nitrogens is 1. The summed E-state index contributed by atoms with van der Waals surface area (Å²) in [6.45, 7) is 3.78. The van der Waals surface area contributed by atoms with Crippen molar-refractivity contribution in [3.8, 4) is 6.07 Å². The van der Waals surface area contributed by atoms with Crippen LogP contribution in [0.5, 0.6) is 0 Å². The third-order valence-corrected chi connectivity index (χ3v) is 5.14. The van der Waals surface area contributed by atoms with Gasteiger partial charge in [0.1, 0.15) is 10.9 Å². The average molecular weight is 425 g/mol. The summed E-state index contributed by atoms with van der Waals surface area (Å²) in [6.07, 6.45) is 2.28. The third kappa shape index (κ3) is 5.15. The number of nitro benzene ring substituents is 1. The lowest BCUT2D eigenvalue weighted by molar-refractivity contribution is -0.384. The van der Waals surface area contributed by atoms with Gasteiger partial charge in [-0.3, -0.25) is 19.7 Å². The molecule has 0 bridgehead atoms. The van der Waals surface area contributed by atoms with Crippen molar-refractivity contribution in [2.75, 3.05) is 14.1 Å². The summed E-state index contributed by atoms with van der Waals surface area (Å²) in [5.74, 6) is 0.180. The molecule has 2 aromatic heterocycles. The number of hydrogen-bond acceptors (Lipinski definition) is 7. The van der Waals surface area contributed by atoms with E-state index in [2.05, 4.69) is 9.97 Å². The molecule has 0 unspecified atom stereocenters. The molecule has 0 aliphatic rings. The molecular formula is C20H19N5O4S. The van der Waals surface area contributed by atoms with Crippen molar-refractivity contribution in [2.24, 2.45) is 0 Å². The van der Waals surface area contributed by atoms with Crippen LogP contribution in [0.2, 0.25) is 0 Å². The molecule has 1 N–H and O–H groups in total. The predicted molar refractivity (Wildman–Crippen MR) is 116 cm³/mol. The summed E-state index contributed by atoms with van der Waals surface area (Å²) in [6, 6.07) is 7.79. The van der Waals surface area contributed by atoms with E-state index >= 15 is 0 Å². The van der Waals surface area contributed by atoms with Crippen LogP contribution >= 0.6 is 11.3 Å². The number of nitro groups is 1. The van der Waals surface area contributed by atoms with E-state index in [4.69, 9.17) is 0 Å². The number of thiophene rings is 1. The minimum atomic E-state index is -0.493. The number of amides is 1. The fraction of sp³-hybridized carbons (Fsp3) is 0.200. The summed E-state index contributed by atoms with van der Waals surface area (Å²) in [4.78, 5) is 42.0. The van der Waals surface area contributed by atoms with E-state index in [0.717, 1.165) is 16.9 Å². The van der Waals surface area contributed by atoms with E-state index < -0.39 is 4.92 Å². The molecule has 0 fully saturated rings. The van der Waals surface area contributed by atoms with E-state index in [1.54, 1.807) is 14.1 Å². The van der Waals surface area contributed by atoms with Gasteiger partial charge in [0.2, 0.25) is 6.41 Å². The molecule has 0 saturated heterocycles. The molecule has 0 aliphatic carbocycles. The molecule has 1 aromatic carbocycles. The Hall–Kier alpha value is -3.84. The zero-order valence-electron chi connectivity index (χ0n) is 16.8. The Morgan fingerprint density at radius 2 is 1.90 bits per heavy atom. The highest BCUT2D eigenvalue weighted by molar-refractivity contribution is 7.18. The number of aryl methyl sites for hydroxylation is 2. The Morgan fingerprint density at radius 1 is 1.30 bits per heavy atom. The maximum atomic E-state index is 12.3. The van der Waals surface area contributed by atoms with Crippen molar-refractivity contribution in [1.29, 1.82) is 5.26 Å². The lowest BCUT2D eigenvalue weighted by atomic mass is 10.1. The van der Waals surface area contributed by atoms with Gasteiger partial charge in [-0.2, -0.15) is 5.26 Å². The summed E-state index contributed by atoms with van der Waals surface area (Å²) in [5, 5.41) is 20.7. The van der Waals surface area contributed by atoms with Gasteiger partial charge in [0, 0.05) is 31.1 Å². The summed E-state index contributed by atoms with van der Waals surface area (Å²) in [7, 11) is 3.38. The number of aromatic nitrogens is 2. The van der Waals surface area contributed by atoms with E-state index in [0.29, 0.717) is 15.8 Å². The Labute approximate surface area is 176 Å². The first-order valence-electron chi connectivity index (χ1n) is 8.66. The first-order valence-corrected chi connectivity index (χ1v) is 9.48. The van der Waals surface area contributed by atoms with Crippen molar-refractivity contribution >= 4 is 45.3 Å². The van der Waals surface area contributed by atoms with Gasteiger partial charge in [-0.15, -0.1) is 11.3 Å². The highest BCUT2D eigenvalue weighted by atomic mass is 32.1. The molecular weight excluding hydrogens is 406 g/mol. The maximum Gasteiger partial charge on any atom is 0.269 e. The van der Waals surface area contributed by atoms with Crippen molar-refractivity contribution in [1.82, 2.24) is 14.9 Å². The number of aromatic amines is 1. The van der Waals surface area contributed by atoms with Gasteiger partial charge in [0.15, 0.2) is 5.82 Å². The molecule has 0 saturated carbocycles. The monoisotopic (exact) mass is 425 g/mol. The largest absolute Gasteiger partial charge is 0.351 e. The van der Waals surface area contributed by atoms with Crippen LogP contribution in [0.4, 0.5) is 5.69 Å². The van der Waals surface area contributed by atoms with Gasteiger partial charge >= 0.3 is 0 Å². The number of fused-ring (bicyclic) bond motifs is 1. The number of rotatable bonds is 4. The zero-order chi connectivity index (χ0) is 22.4. The number of nitrogens with zero attached hydrogens (tertiary/aromatic N) is 4. The fourth-order valence-corrected chi connectivity index (χ4v) is 3.42. The number of hydrogen-bond donors (Lipinski definition) is 1.